The predicted octanol–water partition coefficient (Wildman–Crippen LogP) is 3.32. The first-order valence-electron chi connectivity index (χ1n) is 9.94. The number of hydrazone groups is 1. The second kappa shape index (κ2) is 8.33. The molecule has 3 aromatic rings. The lowest BCUT2D eigenvalue weighted by Crippen LogP contribution is -2.42. The summed E-state index contributed by atoms with van der Waals surface area (Å²) in [4.78, 5) is 25.7. The number of hydrogen-bond donors (Lipinski definition) is 2. The number of hydrazine groups is 1. The molecule has 4 rings (SSSR count). The molecule has 0 aromatic heterocycles. The maximum Gasteiger partial charge on any atom is 0.304 e. The van der Waals surface area contributed by atoms with Crippen molar-refractivity contribution in [1.82, 2.24) is 10.7 Å². The monoisotopic (exact) mass is 398 g/mol. The van der Waals surface area contributed by atoms with Gasteiger partial charge in [-0.25, -0.2) is 0 Å². The summed E-state index contributed by atoms with van der Waals surface area (Å²) in [6.07, 6.45) is 1.89. The quantitative estimate of drug-likeness (QED) is 0.663. The van der Waals surface area contributed by atoms with Crippen molar-refractivity contribution in [3.8, 4) is 0 Å². The number of rotatable bonds is 4. The molecule has 0 bridgehead atoms. The number of nitrogens with one attached hydrogen (secondary N) is 2. The van der Waals surface area contributed by atoms with Gasteiger partial charge in [0.15, 0.2) is 6.04 Å². The minimum absolute atomic E-state index is 0.242. The normalized spacial score (nSPS) is 19.5. The van der Waals surface area contributed by atoms with E-state index >= 15 is 0 Å². The molecule has 0 unspecified atom stereocenters. The van der Waals surface area contributed by atoms with Gasteiger partial charge in [-0.15, -0.1) is 10.1 Å². The fourth-order valence-electron chi connectivity index (χ4n) is 3.57. The summed E-state index contributed by atoms with van der Waals surface area (Å²) in [7, 11) is 0. The Labute approximate surface area is 176 Å². The molecule has 0 saturated carbocycles. The van der Waals surface area contributed by atoms with E-state index in [1.54, 1.807) is 16.8 Å². The Bertz CT molecular complexity index is 1090. The highest BCUT2D eigenvalue weighted by Gasteiger charge is 2.47. The van der Waals surface area contributed by atoms with Crippen molar-refractivity contribution in [3.05, 3.63) is 107 Å². The van der Waals surface area contributed by atoms with Crippen LogP contribution in [-0.4, -0.2) is 28.8 Å². The van der Waals surface area contributed by atoms with Crippen molar-refractivity contribution in [2.75, 3.05) is 0 Å². The number of amides is 2. The number of nitrogens with zero attached hydrogens (tertiary/aromatic N) is 1. The molecule has 1 heterocycles. The van der Waals surface area contributed by atoms with Crippen LogP contribution >= 0.6 is 0 Å². The van der Waals surface area contributed by atoms with E-state index in [4.69, 9.17) is 0 Å². The first kappa shape index (κ1) is 19.6. The van der Waals surface area contributed by atoms with E-state index in [0.717, 1.165) is 22.3 Å². The highest BCUT2D eigenvalue weighted by atomic mass is 16.2. The van der Waals surface area contributed by atoms with Crippen LogP contribution in [-0.2, 0) is 4.79 Å². The van der Waals surface area contributed by atoms with E-state index in [0.29, 0.717) is 5.56 Å². The fraction of sp³-hybridized carbons (Fsp3) is 0.160. The van der Waals surface area contributed by atoms with Gasteiger partial charge in [0, 0.05) is 16.7 Å². The molecule has 1 aliphatic rings. The standard InChI is InChI=1S/C25H23N3O2/c1-17-8-12-20(13-9-17)23-22(26-24(29)21-14-10-18(2)11-15-21)25(30)27-28(23)16-19-6-4-3-5-7-19/h3-16,22-23H,1-2H3,(H-,26,27,29,30)/p+1/b28-16-/t22-,23-/m0/s1. The van der Waals surface area contributed by atoms with Crippen molar-refractivity contribution in [2.45, 2.75) is 25.9 Å². The smallest absolute Gasteiger partial charge is 0.304 e. The van der Waals surface area contributed by atoms with Crippen molar-refractivity contribution < 1.29 is 14.3 Å². The predicted molar refractivity (Wildman–Crippen MR) is 116 cm³/mol. The molecule has 0 radical (unpaired) electrons. The van der Waals surface area contributed by atoms with E-state index < -0.39 is 6.04 Å². The molecule has 0 spiro atoms. The van der Waals surface area contributed by atoms with E-state index in [-0.39, 0.29) is 17.9 Å². The van der Waals surface area contributed by atoms with E-state index in [1.165, 1.54) is 0 Å². The van der Waals surface area contributed by atoms with Gasteiger partial charge in [-0.1, -0.05) is 65.7 Å². The molecular formula is C25H24N3O2+. The Morgan fingerprint density at radius 3 is 2.13 bits per heavy atom. The number of carbonyl (C=O) groups excluding carboxylic acids is 2. The highest BCUT2D eigenvalue weighted by molar-refractivity contribution is 5.98. The van der Waals surface area contributed by atoms with Crippen LogP contribution in [0.1, 0.15) is 38.7 Å². The van der Waals surface area contributed by atoms with Crippen LogP contribution in [0.25, 0.3) is 0 Å². The summed E-state index contributed by atoms with van der Waals surface area (Å²) >= 11 is 0. The van der Waals surface area contributed by atoms with Crippen molar-refractivity contribution in [1.29, 1.82) is 0 Å². The zero-order valence-corrected chi connectivity index (χ0v) is 17.0. The number of benzene rings is 3. The van der Waals surface area contributed by atoms with Gasteiger partial charge in [0.25, 0.3) is 5.91 Å². The van der Waals surface area contributed by atoms with Gasteiger partial charge in [0.1, 0.15) is 0 Å². The molecule has 150 valence electrons. The fourth-order valence-corrected chi connectivity index (χ4v) is 3.57. The molecule has 1 fully saturated rings. The van der Waals surface area contributed by atoms with Crippen LogP contribution in [0, 0.1) is 13.8 Å². The number of hydrogen-bond acceptors (Lipinski definition) is 2. The van der Waals surface area contributed by atoms with Gasteiger partial charge >= 0.3 is 5.91 Å². The van der Waals surface area contributed by atoms with E-state index in [2.05, 4.69) is 10.7 Å². The summed E-state index contributed by atoms with van der Waals surface area (Å²) < 4.78 is 1.78. The average Bonchev–Trinajstić information content (AvgIpc) is 3.04. The van der Waals surface area contributed by atoms with Crippen LogP contribution < -0.4 is 10.7 Å². The van der Waals surface area contributed by atoms with E-state index in [1.807, 2.05) is 86.8 Å². The second-order valence-electron chi connectivity index (χ2n) is 7.60. The maximum atomic E-state index is 12.9. The molecule has 5 nitrogen and oxygen atoms in total. The molecule has 3 aromatic carbocycles. The molecule has 2 amide bonds. The van der Waals surface area contributed by atoms with Gasteiger partial charge in [0.05, 0.1) is 0 Å². The molecule has 5 heteroatoms. The Morgan fingerprint density at radius 1 is 0.900 bits per heavy atom. The van der Waals surface area contributed by atoms with Gasteiger partial charge in [-0.2, -0.15) is 0 Å². The summed E-state index contributed by atoms with van der Waals surface area (Å²) in [5.74, 6) is -0.512. The molecule has 1 aliphatic heterocycles. The lowest BCUT2D eigenvalue weighted by atomic mass is 9.98. The van der Waals surface area contributed by atoms with Crippen LogP contribution in [0.4, 0.5) is 0 Å². The average molecular weight is 398 g/mol. The largest absolute Gasteiger partial charge is 0.334 e. The van der Waals surface area contributed by atoms with Gasteiger partial charge in [-0.05, 0) is 38.1 Å². The molecule has 1 saturated heterocycles. The topological polar surface area (TPSA) is 61.2 Å². The third-order valence-electron chi connectivity index (χ3n) is 5.24. The Morgan fingerprint density at radius 2 is 1.50 bits per heavy atom. The van der Waals surface area contributed by atoms with E-state index in [9.17, 15) is 9.59 Å². The first-order chi connectivity index (χ1) is 14.5. The van der Waals surface area contributed by atoms with Crippen molar-refractivity contribution >= 4 is 18.0 Å². The van der Waals surface area contributed by atoms with Crippen molar-refractivity contribution in [2.24, 2.45) is 0 Å². The lowest BCUT2D eigenvalue weighted by molar-refractivity contribution is -0.596. The minimum Gasteiger partial charge on any atom is -0.334 e. The molecule has 30 heavy (non-hydrogen) atoms. The molecule has 2 atom stereocenters. The van der Waals surface area contributed by atoms with Crippen LogP contribution in [0.3, 0.4) is 0 Å². The van der Waals surface area contributed by atoms with Gasteiger partial charge in [0.2, 0.25) is 12.3 Å². The number of carbonyl (C=O) groups is 2. The zero-order chi connectivity index (χ0) is 21.1. The Hall–Kier alpha value is -3.73. The Kier molecular flexibility index (Phi) is 5.44. The second-order valence-corrected chi connectivity index (χ2v) is 7.60. The summed E-state index contributed by atoms with van der Waals surface area (Å²) in [6, 6.07) is 24.0. The summed E-state index contributed by atoms with van der Waals surface area (Å²) in [5.41, 5.74) is 7.55. The minimum atomic E-state index is -0.721. The van der Waals surface area contributed by atoms with Crippen LogP contribution in [0.2, 0.25) is 0 Å². The van der Waals surface area contributed by atoms with Gasteiger partial charge < -0.3 is 5.32 Å². The zero-order valence-electron chi connectivity index (χ0n) is 17.0. The van der Waals surface area contributed by atoms with Gasteiger partial charge in [-0.3, -0.25) is 9.59 Å². The first-order valence-corrected chi connectivity index (χ1v) is 9.94. The third-order valence-corrected chi connectivity index (χ3v) is 5.24. The highest BCUT2D eigenvalue weighted by Crippen LogP contribution is 2.26. The lowest BCUT2D eigenvalue weighted by Gasteiger charge is -2.15. The molecule has 2 N–H and O–H groups in total. The molecule has 0 aliphatic carbocycles. The number of aryl methyl sites for hydroxylation is 2. The molecular weight excluding hydrogens is 374 g/mol. The maximum absolute atomic E-state index is 12.9. The van der Waals surface area contributed by atoms with Crippen molar-refractivity contribution in [3.63, 3.8) is 0 Å². The summed E-state index contributed by atoms with van der Waals surface area (Å²) in [6.45, 7) is 3.99. The third kappa shape index (κ3) is 4.15. The van der Waals surface area contributed by atoms with Crippen LogP contribution in [0.5, 0.6) is 0 Å². The Balaban J connectivity index is 1.69. The summed E-state index contributed by atoms with van der Waals surface area (Å²) in [5, 5.41) is 2.93. The van der Waals surface area contributed by atoms with Crippen LogP contribution in [0.15, 0.2) is 78.9 Å². The SMILES string of the molecule is Cc1ccc(C(=O)N[C@@H]2C(=O)N/[N+](=C\c3ccccc3)[C@H]2c2ccc(C)cc2)cc1.